The average molecular weight is 536 g/mol. The molecular weight excluding hydrogens is 486 g/mol. The second kappa shape index (κ2) is 12.9. The van der Waals surface area contributed by atoms with Crippen molar-refractivity contribution in [1.29, 1.82) is 0 Å². The van der Waals surface area contributed by atoms with E-state index in [4.69, 9.17) is 23.7 Å². The number of hydrogen-bond donors (Lipinski definition) is 1. The van der Waals surface area contributed by atoms with E-state index in [1.54, 1.807) is 14.2 Å². The van der Waals surface area contributed by atoms with E-state index in [2.05, 4.69) is 27.7 Å². The van der Waals surface area contributed by atoms with E-state index in [0.29, 0.717) is 37.1 Å². The topological polar surface area (TPSA) is 86.7 Å². The molecule has 0 saturated carbocycles. The molecule has 8 nitrogen and oxygen atoms in total. The van der Waals surface area contributed by atoms with Gasteiger partial charge >= 0.3 is 6.09 Å². The lowest BCUT2D eigenvalue weighted by atomic mass is 9.83. The summed E-state index contributed by atoms with van der Waals surface area (Å²) in [5, 5.41) is 10.7. The Morgan fingerprint density at radius 3 is 2.29 bits per heavy atom. The molecule has 1 amide bonds. The van der Waals surface area contributed by atoms with E-state index in [0.717, 1.165) is 18.4 Å². The smallest absolute Gasteiger partial charge is 0.411 e. The summed E-state index contributed by atoms with van der Waals surface area (Å²) in [6, 6.07) is 5.47. The number of ether oxygens (including phenoxy) is 5. The van der Waals surface area contributed by atoms with Gasteiger partial charge < -0.3 is 28.8 Å². The molecule has 2 saturated heterocycles. The molecule has 0 radical (unpaired) electrons. The summed E-state index contributed by atoms with van der Waals surface area (Å²) in [7, 11) is 3.30. The number of hydrogen-bond acceptors (Lipinski definition) is 7. The number of carbonyl (C=O) groups excluding carboxylic acids is 1. The van der Waals surface area contributed by atoms with Crippen molar-refractivity contribution in [3.63, 3.8) is 0 Å². The summed E-state index contributed by atoms with van der Waals surface area (Å²) in [5.41, 5.74) is 0.326. The molecule has 2 fully saturated rings. The maximum atomic E-state index is 13.8. The third-order valence-electron chi connectivity index (χ3n) is 7.79. The molecule has 6 unspecified atom stereocenters. The highest BCUT2D eigenvalue weighted by Gasteiger charge is 2.53. The molecule has 0 bridgehead atoms. The Hall–Kier alpha value is -2.03. The first-order valence-corrected chi connectivity index (χ1v) is 14.0. The normalized spacial score (nSPS) is 27.8. The summed E-state index contributed by atoms with van der Waals surface area (Å²) in [6.07, 6.45) is 0.771. The lowest BCUT2D eigenvalue weighted by molar-refractivity contribution is -0.127. The molecule has 38 heavy (non-hydrogen) atoms. The second-order valence-electron chi connectivity index (χ2n) is 12.4. The lowest BCUT2D eigenvalue weighted by Crippen LogP contribution is -2.46. The van der Waals surface area contributed by atoms with E-state index >= 15 is 0 Å². The Labute approximate surface area is 228 Å². The Bertz CT molecular complexity index is 912. The molecule has 3 rings (SSSR count). The largest absolute Gasteiger partial charge is 0.493 e. The highest BCUT2D eigenvalue weighted by Crippen LogP contribution is 2.50. The van der Waals surface area contributed by atoms with Crippen molar-refractivity contribution in [2.75, 3.05) is 27.4 Å². The maximum absolute atomic E-state index is 13.8. The van der Waals surface area contributed by atoms with Crippen LogP contribution in [0.25, 0.3) is 0 Å². The van der Waals surface area contributed by atoms with E-state index in [-0.39, 0.29) is 42.0 Å². The molecular formula is C30H49NO7. The van der Waals surface area contributed by atoms with Crippen LogP contribution in [0.4, 0.5) is 4.79 Å². The van der Waals surface area contributed by atoms with Gasteiger partial charge in [-0.05, 0) is 69.1 Å². The Morgan fingerprint density at radius 2 is 1.74 bits per heavy atom. The predicted octanol–water partition coefficient (Wildman–Crippen LogP) is 5.81. The van der Waals surface area contributed by atoms with Crippen LogP contribution in [0, 0.1) is 23.7 Å². The van der Waals surface area contributed by atoms with E-state index in [1.165, 1.54) is 0 Å². The van der Waals surface area contributed by atoms with Crippen LogP contribution < -0.4 is 9.47 Å². The zero-order chi connectivity index (χ0) is 28.2. The van der Waals surface area contributed by atoms with Crippen LogP contribution in [0.2, 0.25) is 0 Å². The number of amides is 1. The van der Waals surface area contributed by atoms with Gasteiger partial charge in [0.15, 0.2) is 17.8 Å². The minimum absolute atomic E-state index is 0.0325. The molecule has 1 aromatic rings. The summed E-state index contributed by atoms with van der Waals surface area (Å²) in [5.74, 6) is 2.07. The number of aliphatic hydroxyl groups excluding tert-OH is 1. The van der Waals surface area contributed by atoms with Crippen molar-refractivity contribution in [3.8, 4) is 11.5 Å². The summed E-state index contributed by atoms with van der Waals surface area (Å²) < 4.78 is 28.9. The molecule has 0 aromatic heterocycles. The van der Waals surface area contributed by atoms with Crippen molar-refractivity contribution in [1.82, 2.24) is 4.90 Å². The number of benzene rings is 1. The molecule has 0 aliphatic carbocycles. The molecule has 2 aliphatic rings. The molecule has 1 aromatic carbocycles. The maximum Gasteiger partial charge on any atom is 0.411 e. The quantitative estimate of drug-likeness (QED) is 0.378. The van der Waals surface area contributed by atoms with E-state index < -0.39 is 11.9 Å². The lowest BCUT2D eigenvalue weighted by Gasteiger charge is -2.36. The first-order valence-electron chi connectivity index (χ1n) is 14.0. The highest BCUT2D eigenvalue weighted by molar-refractivity contribution is 5.70. The van der Waals surface area contributed by atoms with E-state index in [9.17, 15) is 9.90 Å². The van der Waals surface area contributed by atoms with Gasteiger partial charge in [-0.3, -0.25) is 4.90 Å². The monoisotopic (exact) mass is 535 g/mol. The van der Waals surface area contributed by atoms with Gasteiger partial charge in [0.05, 0.1) is 31.9 Å². The standard InChI is InChI=1S/C30H49NO7/c1-18(2)21-16-23(25-17-22(19(3)4)28(32)37-25)31(29(33)38-30(5,6)7)27(21)20-11-12-24(35-9)26(15-20)36-14-10-13-34-8/h11-12,15,18-19,21-23,25,27-28,32H,10,13-14,16-17H2,1-9H3. The summed E-state index contributed by atoms with van der Waals surface area (Å²) in [6.45, 7) is 15.4. The number of likely N-dealkylation sites (tertiary alicyclic amines) is 1. The molecule has 8 heteroatoms. The van der Waals surface area contributed by atoms with Gasteiger partial charge in [0.1, 0.15) is 5.60 Å². The zero-order valence-electron chi connectivity index (χ0n) is 24.7. The molecule has 6 atom stereocenters. The van der Waals surface area contributed by atoms with Crippen LogP contribution in [0.15, 0.2) is 18.2 Å². The molecule has 2 aliphatic heterocycles. The minimum Gasteiger partial charge on any atom is -0.493 e. The van der Waals surface area contributed by atoms with Crippen LogP contribution >= 0.6 is 0 Å². The van der Waals surface area contributed by atoms with Crippen molar-refractivity contribution in [2.45, 2.75) is 97.8 Å². The van der Waals surface area contributed by atoms with Crippen LogP contribution in [-0.2, 0) is 14.2 Å². The Kier molecular flexibility index (Phi) is 10.3. The van der Waals surface area contributed by atoms with Gasteiger partial charge in [-0.25, -0.2) is 4.79 Å². The van der Waals surface area contributed by atoms with Crippen LogP contribution in [0.1, 0.15) is 79.3 Å². The fraction of sp³-hybridized carbons (Fsp3) is 0.767. The van der Waals surface area contributed by atoms with Crippen LogP contribution in [0.5, 0.6) is 11.5 Å². The number of methoxy groups -OCH3 is 2. The summed E-state index contributed by atoms with van der Waals surface area (Å²) >= 11 is 0. The molecule has 1 N–H and O–H groups in total. The Morgan fingerprint density at radius 1 is 1.05 bits per heavy atom. The summed E-state index contributed by atoms with van der Waals surface area (Å²) in [4.78, 5) is 15.7. The average Bonchev–Trinajstić information content (AvgIpc) is 3.42. The van der Waals surface area contributed by atoms with Crippen molar-refractivity contribution in [2.24, 2.45) is 23.7 Å². The van der Waals surface area contributed by atoms with Crippen LogP contribution in [0.3, 0.4) is 0 Å². The fourth-order valence-corrected chi connectivity index (χ4v) is 5.82. The highest BCUT2D eigenvalue weighted by atomic mass is 16.6. The van der Waals surface area contributed by atoms with Crippen molar-refractivity contribution < 1.29 is 33.6 Å². The van der Waals surface area contributed by atoms with Gasteiger partial charge in [-0.15, -0.1) is 0 Å². The fourth-order valence-electron chi connectivity index (χ4n) is 5.82. The third-order valence-corrected chi connectivity index (χ3v) is 7.79. The first kappa shape index (κ1) is 30.5. The third kappa shape index (κ3) is 7.13. The van der Waals surface area contributed by atoms with Gasteiger partial charge in [0.25, 0.3) is 0 Å². The first-order chi connectivity index (χ1) is 17.9. The predicted molar refractivity (Wildman–Crippen MR) is 146 cm³/mol. The molecule has 0 spiro atoms. The van der Waals surface area contributed by atoms with Gasteiger partial charge in [0.2, 0.25) is 0 Å². The van der Waals surface area contributed by atoms with Crippen LogP contribution in [-0.4, -0.2) is 67.6 Å². The van der Waals surface area contributed by atoms with Crippen molar-refractivity contribution in [3.05, 3.63) is 23.8 Å². The van der Waals surface area contributed by atoms with Crippen molar-refractivity contribution >= 4 is 6.09 Å². The molecule has 2 heterocycles. The zero-order valence-corrected chi connectivity index (χ0v) is 24.7. The number of aliphatic hydroxyl groups is 1. The number of rotatable bonds is 10. The Balaban J connectivity index is 2.02. The van der Waals surface area contributed by atoms with E-state index in [1.807, 2.05) is 43.9 Å². The number of carbonyl (C=O) groups is 1. The minimum atomic E-state index is -0.829. The molecule has 216 valence electrons. The van der Waals surface area contributed by atoms with Gasteiger partial charge in [-0.2, -0.15) is 0 Å². The number of nitrogens with zero attached hydrogens (tertiary/aromatic N) is 1. The SMILES string of the molecule is COCCCOc1cc(C2C(C(C)C)CC(C3CC(C(C)C)C(O)O3)N2C(=O)OC(C)(C)C)ccc1OC. The van der Waals surface area contributed by atoms with Gasteiger partial charge in [-0.1, -0.05) is 33.8 Å². The van der Waals surface area contributed by atoms with Gasteiger partial charge in [0, 0.05) is 26.1 Å². The second-order valence-corrected chi connectivity index (χ2v) is 12.4.